The molecule has 4 atom stereocenters. The Bertz CT molecular complexity index is 1640. The van der Waals surface area contributed by atoms with Gasteiger partial charge in [-0.1, -0.05) is 97.9 Å². The number of imidazole rings is 1. The number of para-hydroxylation sites is 2. The smallest absolute Gasteiger partial charge is 0.315 e. The molecule has 0 spiro atoms. The standard InChI is InChI=1S/C35H36N4O4/c1-24-32(21-39-23-38-30-9-5-6-10-31(30)39)42-34(43-33(24)28-15-13-27(22-40)14-16-28)29-17-11-26(12-18-29)20-37-35(41)36-19-25-7-3-2-4-8-25/h2-18,23-24,32-34,40H,19-22H2,1H3,(H2,36,37,41)/t24-,32+,33+,34+/m1/s1. The number of nitrogens with zero attached hydrogens (tertiary/aromatic N) is 2. The van der Waals surface area contributed by atoms with Gasteiger partial charge in [0, 0.05) is 24.6 Å². The summed E-state index contributed by atoms with van der Waals surface area (Å²) in [5, 5.41) is 15.3. The first-order valence-electron chi connectivity index (χ1n) is 14.6. The van der Waals surface area contributed by atoms with Crippen LogP contribution in [0.4, 0.5) is 4.79 Å². The van der Waals surface area contributed by atoms with Crippen LogP contribution >= 0.6 is 0 Å². The van der Waals surface area contributed by atoms with Gasteiger partial charge >= 0.3 is 6.03 Å². The van der Waals surface area contributed by atoms with Crippen molar-refractivity contribution in [3.05, 3.63) is 137 Å². The molecule has 1 aromatic heterocycles. The molecule has 220 valence electrons. The van der Waals surface area contributed by atoms with Crippen LogP contribution in [0, 0.1) is 5.92 Å². The van der Waals surface area contributed by atoms with E-state index in [9.17, 15) is 9.90 Å². The third kappa shape index (κ3) is 6.78. The minimum absolute atomic E-state index is 0.000681. The number of ether oxygens (including phenoxy) is 2. The van der Waals surface area contributed by atoms with Gasteiger partial charge in [-0.15, -0.1) is 0 Å². The van der Waals surface area contributed by atoms with Gasteiger partial charge in [-0.2, -0.15) is 0 Å². The molecule has 8 nitrogen and oxygen atoms in total. The zero-order valence-corrected chi connectivity index (χ0v) is 24.1. The van der Waals surface area contributed by atoms with Crippen LogP contribution in [0.2, 0.25) is 0 Å². The van der Waals surface area contributed by atoms with Crippen molar-refractivity contribution in [1.29, 1.82) is 0 Å². The van der Waals surface area contributed by atoms with Crippen LogP contribution in [0.15, 0.2) is 109 Å². The lowest BCUT2D eigenvalue weighted by Gasteiger charge is -2.41. The van der Waals surface area contributed by atoms with Crippen LogP contribution in [0.3, 0.4) is 0 Å². The Morgan fingerprint density at radius 1 is 0.791 bits per heavy atom. The second kappa shape index (κ2) is 13.2. The van der Waals surface area contributed by atoms with Crippen molar-refractivity contribution in [1.82, 2.24) is 20.2 Å². The summed E-state index contributed by atoms with van der Waals surface area (Å²) in [5.74, 6) is 0.0512. The molecule has 2 amide bonds. The monoisotopic (exact) mass is 576 g/mol. The number of amides is 2. The molecule has 1 aliphatic rings. The average molecular weight is 577 g/mol. The normalized spacial score (nSPS) is 20.1. The maximum Gasteiger partial charge on any atom is 0.315 e. The number of benzene rings is 4. The lowest BCUT2D eigenvalue weighted by atomic mass is 9.90. The lowest BCUT2D eigenvalue weighted by molar-refractivity contribution is -0.276. The van der Waals surface area contributed by atoms with Crippen LogP contribution in [0.25, 0.3) is 11.0 Å². The fourth-order valence-electron chi connectivity index (χ4n) is 5.49. The number of carbonyl (C=O) groups excluding carboxylic acids is 1. The first kappa shape index (κ1) is 28.6. The fourth-order valence-corrected chi connectivity index (χ4v) is 5.49. The maximum atomic E-state index is 12.3. The quantitative estimate of drug-likeness (QED) is 0.199. The highest BCUT2D eigenvalue weighted by atomic mass is 16.7. The van der Waals surface area contributed by atoms with Crippen LogP contribution in [-0.2, 0) is 35.7 Å². The van der Waals surface area contributed by atoms with Gasteiger partial charge in [0.15, 0.2) is 6.29 Å². The number of urea groups is 1. The summed E-state index contributed by atoms with van der Waals surface area (Å²) in [5.41, 5.74) is 6.84. The van der Waals surface area contributed by atoms with Gasteiger partial charge < -0.3 is 29.8 Å². The molecule has 3 N–H and O–H groups in total. The molecule has 0 radical (unpaired) electrons. The molecule has 8 heteroatoms. The van der Waals surface area contributed by atoms with E-state index in [-0.39, 0.29) is 30.8 Å². The summed E-state index contributed by atoms with van der Waals surface area (Å²) in [6, 6.07) is 33.6. The number of carbonyl (C=O) groups is 1. The molecule has 43 heavy (non-hydrogen) atoms. The summed E-state index contributed by atoms with van der Waals surface area (Å²) >= 11 is 0. The van der Waals surface area contributed by atoms with E-state index in [2.05, 4.69) is 33.2 Å². The van der Waals surface area contributed by atoms with Gasteiger partial charge in [0.05, 0.1) is 42.7 Å². The van der Waals surface area contributed by atoms with E-state index in [1.807, 2.05) is 103 Å². The van der Waals surface area contributed by atoms with E-state index in [4.69, 9.17) is 9.47 Å². The number of rotatable bonds is 9. The Morgan fingerprint density at radius 3 is 2.14 bits per heavy atom. The highest BCUT2D eigenvalue weighted by molar-refractivity contribution is 5.75. The topological polar surface area (TPSA) is 97.6 Å². The predicted molar refractivity (Wildman–Crippen MR) is 165 cm³/mol. The molecule has 0 bridgehead atoms. The van der Waals surface area contributed by atoms with Gasteiger partial charge in [0.2, 0.25) is 0 Å². The van der Waals surface area contributed by atoms with Crippen molar-refractivity contribution in [3.8, 4) is 0 Å². The Labute approximate surface area is 251 Å². The van der Waals surface area contributed by atoms with Gasteiger partial charge in [-0.25, -0.2) is 9.78 Å². The molecule has 4 aromatic carbocycles. The van der Waals surface area contributed by atoms with Gasteiger partial charge in [-0.3, -0.25) is 0 Å². The third-order valence-corrected chi connectivity index (χ3v) is 8.03. The number of hydrogen-bond donors (Lipinski definition) is 3. The Hall–Kier alpha value is -4.50. The Morgan fingerprint density at radius 2 is 1.42 bits per heavy atom. The van der Waals surface area contributed by atoms with Gasteiger partial charge in [-0.05, 0) is 34.4 Å². The zero-order chi connectivity index (χ0) is 29.6. The van der Waals surface area contributed by atoms with Crippen molar-refractivity contribution >= 4 is 17.1 Å². The van der Waals surface area contributed by atoms with E-state index in [0.29, 0.717) is 19.6 Å². The van der Waals surface area contributed by atoms with Crippen LogP contribution in [-0.4, -0.2) is 26.8 Å². The summed E-state index contributed by atoms with van der Waals surface area (Å²) in [6.07, 6.45) is 0.942. The largest absolute Gasteiger partial charge is 0.392 e. The Balaban J connectivity index is 1.16. The minimum atomic E-state index is -0.574. The van der Waals surface area contributed by atoms with Gasteiger partial charge in [0.25, 0.3) is 0 Å². The van der Waals surface area contributed by atoms with Crippen LogP contribution < -0.4 is 10.6 Å². The number of fused-ring (bicyclic) bond motifs is 1. The molecule has 0 unspecified atom stereocenters. The number of aromatic nitrogens is 2. The molecular formula is C35H36N4O4. The Kier molecular flexibility index (Phi) is 8.79. The second-order valence-corrected chi connectivity index (χ2v) is 11.0. The SMILES string of the molecule is C[C@@H]1[C@H](Cn2cnc3ccccc32)O[C@H](c2ccc(CNC(=O)NCc3ccccc3)cc2)O[C@@H]1c1ccc(CO)cc1. The van der Waals surface area contributed by atoms with E-state index < -0.39 is 6.29 Å². The average Bonchev–Trinajstić information content (AvgIpc) is 3.47. The predicted octanol–water partition coefficient (Wildman–Crippen LogP) is 6.02. The van der Waals surface area contributed by atoms with E-state index in [0.717, 1.165) is 38.9 Å². The van der Waals surface area contributed by atoms with E-state index >= 15 is 0 Å². The summed E-state index contributed by atoms with van der Waals surface area (Å²) in [7, 11) is 0. The highest BCUT2D eigenvalue weighted by Crippen LogP contribution is 2.42. The summed E-state index contributed by atoms with van der Waals surface area (Å²) in [6.45, 7) is 3.66. The first-order chi connectivity index (χ1) is 21.1. The number of nitrogens with one attached hydrogen (secondary N) is 2. The molecule has 1 fully saturated rings. The molecule has 5 aromatic rings. The van der Waals surface area contributed by atoms with Crippen molar-refractivity contribution in [2.75, 3.05) is 0 Å². The van der Waals surface area contributed by atoms with Crippen molar-refractivity contribution < 1.29 is 19.4 Å². The van der Waals surface area contributed by atoms with Crippen LogP contribution in [0.1, 0.15) is 47.1 Å². The van der Waals surface area contributed by atoms with Crippen molar-refractivity contribution in [2.45, 2.75) is 51.7 Å². The first-order valence-corrected chi connectivity index (χ1v) is 14.6. The number of hydrogen-bond acceptors (Lipinski definition) is 5. The molecule has 1 saturated heterocycles. The van der Waals surface area contributed by atoms with Crippen molar-refractivity contribution in [3.63, 3.8) is 0 Å². The summed E-state index contributed by atoms with van der Waals surface area (Å²) in [4.78, 5) is 16.9. The molecule has 1 aliphatic heterocycles. The third-order valence-electron chi connectivity index (χ3n) is 8.03. The minimum Gasteiger partial charge on any atom is -0.392 e. The molecular weight excluding hydrogens is 540 g/mol. The molecule has 0 aliphatic carbocycles. The van der Waals surface area contributed by atoms with E-state index in [1.165, 1.54) is 0 Å². The number of aliphatic hydroxyl groups excluding tert-OH is 1. The van der Waals surface area contributed by atoms with E-state index in [1.54, 1.807) is 0 Å². The van der Waals surface area contributed by atoms with Crippen LogP contribution in [0.5, 0.6) is 0 Å². The van der Waals surface area contributed by atoms with Gasteiger partial charge in [0.1, 0.15) is 0 Å². The maximum absolute atomic E-state index is 12.3. The number of aliphatic hydroxyl groups is 1. The zero-order valence-electron chi connectivity index (χ0n) is 24.1. The summed E-state index contributed by atoms with van der Waals surface area (Å²) < 4.78 is 15.4. The molecule has 0 saturated carbocycles. The second-order valence-electron chi connectivity index (χ2n) is 11.0. The lowest BCUT2D eigenvalue weighted by Crippen LogP contribution is -2.39. The fraction of sp³-hybridized carbons (Fsp3) is 0.257. The highest BCUT2D eigenvalue weighted by Gasteiger charge is 2.38. The van der Waals surface area contributed by atoms with Crippen molar-refractivity contribution in [2.24, 2.45) is 5.92 Å². The molecule has 2 heterocycles. The molecule has 6 rings (SSSR count).